The lowest BCUT2D eigenvalue weighted by Crippen LogP contribution is -2.16. The first kappa shape index (κ1) is 11.6. The van der Waals surface area contributed by atoms with Crippen LogP contribution in [0.3, 0.4) is 0 Å². The maximum Gasteiger partial charge on any atom is 0.127 e. The summed E-state index contributed by atoms with van der Waals surface area (Å²) in [6.07, 6.45) is 0.252. The number of aliphatic hydroxyl groups excluding tert-OH is 1. The van der Waals surface area contributed by atoms with Crippen LogP contribution >= 0.6 is 15.9 Å². The highest BCUT2D eigenvalue weighted by Crippen LogP contribution is 2.17. The Morgan fingerprint density at radius 3 is 2.79 bits per heavy atom. The van der Waals surface area contributed by atoms with E-state index >= 15 is 0 Å². The van der Waals surface area contributed by atoms with Gasteiger partial charge in [0.2, 0.25) is 0 Å². The summed E-state index contributed by atoms with van der Waals surface area (Å²) in [7, 11) is 0. The van der Waals surface area contributed by atoms with E-state index in [1.165, 1.54) is 6.07 Å². The molecule has 0 spiro atoms. The molecular weight excluding hydrogens is 249 g/mol. The van der Waals surface area contributed by atoms with Gasteiger partial charge in [-0.2, -0.15) is 0 Å². The number of rotatable bonds is 4. The van der Waals surface area contributed by atoms with Crippen LogP contribution in [0.5, 0.6) is 0 Å². The van der Waals surface area contributed by atoms with E-state index in [1.807, 2.05) is 0 Å². The van der Waals surface area contributed by atoms with E-state index in [0.29, 0.717) is 29.4 Å². The quantitative estimate of drug-likeness (QED) is 0.869. The third-order valence-electron chi connectivity index (χ3n) is 1.97. The maximum absolute atomic E-state index is 13.3. The predicted octanol–water partition coefficient (Wildman–Crippen LogP) is 1.84. The zero-order valence-electron chi connectivity index (χ0n) is 7.71. The van der Waals surface area contributed by atoms with E-state index in [9.17, 15) is 9.50 Å². The number of aliphatic hydroxyl groups is 1. The lowest BCUT2D eigenvalue weighted by atomic mass is 10.1. The van der Waals surface area contributed by atoms with E-state index in [2.05, 4.69) is 15.9 Å². The minimum absolute atomic E-state index is 0.296. The van der Waals surface area contributed by atoms with Gasteiger partial charge in [-0.1, -0.05) is 22.0 Å². The molecule has 78 valence electrons. The van der Waals surface area contributed by atoms with E-state index < -0.39 is 6.10 Å². The minimum Gasteiger partial charge on any atom is -0.393 e. The van der Waals surface area contributed by atoms with E-state index in [-0.39, 0.29) is 5.82 Å². The molecule has 0 aromatic heterocycles. The van der Waals surface area contributed by atoms with Crippen LogP contribution in [0.4, 0.5) is 4.39 Å². The average Bonchev–Trinajstić information content (AvgIpc) is 2.10. The SMILES string of the molecule is NCCC(O)Cc1ccc(Br)cc1F. The van der Waals surface area contributed by atoms with Crippen molar-refractivity contribution in [2.24, 2.45) is 5.73 Å². The first-order chi connectivity index (χ1) is 6.63. The fourth-order valence-electron chi connectivity index (χ4n) is 1.24. The smallest absolute Gasteiger partial charge is 0.127 e. The molecule has 0 saturated heterocycles. The molecule has 2 nitrogen and oxygen atoms in total. The molecule has 0 bridgehead atoms. The van der Waals surface area contributed by atoms with Gasteiger partial charge in [0.05, 0.1) is 6.10 Å². The van der Waals surface area contributed by atoms with Crippen molar-refractivity contribution < 1.29 is 9.50 Å². The Hall–Kier alpha value is -0.450. The van der Waals surface area contributed by atoms with Gasteiger partial charge in [0.1, 0.15) is 5.82 Å². The van der Waals surface area contributed by atoms with Gasteiger partial charge in [0.25, 0.3) is 0 Å². The summed E-state index contributed by atoms with van der Waals surface area (Å²) in [5.41, 5.74) is 5.81. The van der Waals surface area contributed by atoms with Crippen LogP contribution in [0.25, 0.3) is 0 Å². The number of hydrogen-bond acceptors (Lipinski definition) is 2. The molecule has 0 heterocycles. The lowest BCUT2D eigenvalue weighted by molar-refractivity contribution is 0.166. The van der Waals surface area contributed by atoms with Crippen molar-refractivity contribution in [1.82, 2.24) is 0 Å². The van der Waals surface area contributed by atoms with Crippen LogP contribution in [0.1, 0.15) is 12.0 Å². The van der Waals surface area contributed by atoms with Gasteiger partial charge >= 0.3 is 0 Å². The Labute approximate surface area is 91.1 Å². The maximum atomic E-state index is 13.3. The zero-order valence-corrected chi connectivity index (χ0v) is 9.30. The Balaban J connectivity index is 2.67. The standard InChI is InChI=1S/C10H13BrFNO/c11-8-2-1-7(10(12)6-8)5-9(14)3-4-13/h1-2,6,9,14H,3-5,13H2. The third-order valence-corrected chi connectivity index (χ3v) is 2.46. The summed E-state index contributed by atoms with van der Waals surface area (Å²) >= 11 is 3.17. The molecule has 1 unspecified atom stereocenters. The largest absolute Gasteiger partial charge is 0.393 e. The van der Waals surface area contributed by atoms with Crippen LogP contribution in [0.2, 0.25) is 0 Å². The van der Waals surface area contributed by atoms with Crippen molar-refractivity contribution in [3.63, 3.8) is 0 Å². The minimum atomic E-state index is -0.560. The van der Waals surface area contributed by atoms with Gasteiger partial charge in [0, 0.05) is 10.9 Å². The number of benzene rings is 1. The lowest BCUT2D eigenvalue weighted by Gasteiger charge is -2.09. The van der Waals surface area contributed by atoms with Crippen molar-refractivity contribution >= 4 is 15.9 Å². The number of hydrogen-bond donors (Lipinski definition) is 2. The molecule has 1 aromatic rings. The monoisotopic (exact) mass is 261 g/mol. The van der Waals surface area contributed by atoms with Crippen LogP contribution in [-0.2, 0) is 6.42 Å². The van der Waals surface area contributed by atoms with Crippen LogP contribution in [0, 0.1) is 5.82 Å². The highest BCUT2D eigenvalue weighted by atomic mass is 79.9. The fraction of sp³-hybridized carbons (Fsp3) is 0.400. The zero-order chi connectivity index (χ0) is 10.6. The summed E-state index contributed by atoms with van der Waals surface area (Å²) in [6.45, 7) is 0.416. The second kappa shape index (κ2) is 5.44. The van der Waals surface area contributed by atoms with Crippen molar-refractivity contribution in [3.05, 3.63) is 34.1 Å². The van der Waals surface area contributed by atoms with E-state index in [1.54, 1.807) is 12.1 Å². The molecule has 4 heteroatoms. The Kier molecular flexibility index (Phi) is 4.51. The molecule has 0 radical (unpaired) electrons. The molecule has 0 saturated carbocycles. The fourth-order valence-corrected chi connectivity index (χ4v) is 1.57. The van der Waals surface area contributed by atoms with Gasteiger partial charge < -0.3 is 10.8 Å². The molecule has 14 heavy (non-hydrogen) atoms. The second-order valence-corrected chi connectivity index (χ2v) is 4.09. The molecular formula is C10H13BrFNO. The summed E-state index contributed by atoms with van der Waals surface area (Å²) in [5.74, 6) is -0.296. The molecule has 0 amide bonds. The summed E-state index contributed by atoms with van der Waals surface area (Å²) in [4.78, 5) is 0. The van der Waals surface area contributed by atoms with Gasteiger partial charge in [-0.15, -0.1) is 0 Å². The average molecular weight is 262 g/mol. The van der Waals surface area contributed by atoms with Gasteiger partial charge in [-0.05, 0) is 30.7 Å². The highest BCUT2D eigenvalue weighted by Gasteiger charge is 2.08. The normalized spacial score (nSPS) is 12.9. The molecule has 1 atom stereocenters. The first-order valence-corrected chi connectivity index (χ1v) is 5.25. The van der Waals surface area contributed by atoms with Gasteiger partial charge in [0.15, 0.2) is 0 Å². The Bertz CT molecular complexity index is 306. The molecule has 1 aromatic carbocycles. The topological polar surface area (TPSA) is 46.2 Å². The Morgan fingerprint density at radius 1 is 1.50 bits per heavy atom. The third kappa shape index (κ3) is 3.36. The van der Waals surface area contributed by atoms with Crippen molar-refractivity contribution in [2.45, 2.75) is 18.9 Å². The van der Waals surface area contributed by atoms with Crippen LogP contribution in [0.15, 0.2) is 22.7 Å². The predicted molar refractivity (Wildman–Crippen MR) is 57.5 cm³/mol. The highest BCUT2D eigenvalue weighted by molar-refractivity contribution is 9.10. The second-order valence-electron chi connectivity index (χ2n) is 3.17. The molecule has 0 aliphatic heterocycles. The van der Waals surface area contributed by atoms with E-state index in [4.69, 9.17) is 5.73 Å². The van der Waals surface area contributed by atoms with Gasteiger partial charge in [-0.3, -0.25) is 0 Å². The molecule has 1 rings (SSSR count). The molecule has 0 aliphatic rings. The molecule has 3 N–H and O–H groups in total. The summed E-state index contributed by atoms with van der Waals surface area (Å²) in [6, 6.07) is 4.82. The number of nitrogens with two attached hydrogens (primary N) is 1. The van der Waals surface area contributed by atoms with Crippen LogP contribution < -0.4 is 5.73 Å². The van der Waals surface area contributed by atoms with Crippen LogP contribution in [-0.4, -0.2) is 17.8 Å². The molecule has 0 fully saturated rings. The molecule has 0 aliphatic carbocycles. The Morgan fingerprint density at radius 2 is 2.21 bits per heavy atom. The van der Waals surface area contributed by atoms with E-state index in [0.717, 1.165) is 0 Å². The first-order valence-electron chi connectivity index (χ1n) is 4.45. The van der Waals surface area contributed by atoms with Crippen molar-refractivity contribution in [2.75, 3.05) is 6.54 Å². The summed E-state index contributed by atoms with van der Waals surface area (Å²) < 4.78 is 14.0. The number of halogens is 2. The van der Waals surface area contributed by atoms with Gasteiger partial charge in [-0.25, -0.2) is 4.39 Å². The summed E-state index contributed by atoms with van der Waals surface area (Å²) in [5, 5.41) is 9.44. The van der Waals surface area contributed by atoms with Crippen molar-refractivity contribution in [3.8, 4) is 0 Å². The van der Waals surface area contributed by atoms with Crippen molar-refractivity contribution in [1.29, 1.82) is 0 Å².